The quantitative estimate of drug-likeness (QED) is 0.596. The van der Waals surface area contributed by atoms with E-state index in [-0.39, 0.29) is 16.2 Å². The highest BCUT2D eigenvalue weighted by molar-refractivity contribution is 6.35. The molecule has 3 rings (SSSR count). The Bertz CT molecular complexity index is 1060. The topological polar surface area (TPSA) is 105 Å². The predicted molar refractivity (Wildman–Crippen MR) is 102 cm³/mol. The average Bonchev–Trinajstić information content (AvgIpc) is 2.61. The molecule has 0 spiro atoms. The van der Waals surface area contributed by atoms with Crippen molar-refractivity contribution in [2.75, 3.05) is 12.4 Å². The van der Waals surface area contributed by atoms with Crippen molar-refractivity contribution in [2.45, 2.75) is 13.0 Å². The normalized spacial score (nSPS) is 12.0. The Balaban J connectivity index is 2.20. The summed E-state index contributed by atoms with van der Waals surface area (Å²) in [6.45, 7) is 1.52. The summed E-state index contributed by atoms with van der Waals surface area (Å²) in [6.07, 6.45) is -1.01. The van der Waals surface area contributed by atoms with Crippen LogP contribution >= 0.6 is 11.6 Å². The number of carbonyl (C=O) groups is 1. The van der Waals surface area contributed by atoms with Crippen LogP contribution in [0.4, 0.5) is 10.5 Å². The summed E-state index contributed by atoms with van der Waals surface area (Å²) in [7, 11) is 1.31. The molecule has 0 aliphatic carbocycles. The Kier molecular flexibility index (Phi) is 5.41. The van der Waals surface area contributed by atoms with E-state index in [0.717, 1.165) is 0 Å². The molecule has 9 heteroatoms. The summed E-state index contributed by atoms with van der Waals surface area (Å²) < 4.78 is 1.28. The molecule has 0 bridgehead atoms. The van der Waals surface area contributed by atoms with Crippen molar-refractivity contribution in [3.8, 4) is 5.69 Å². The first-order chi connectivity index (χ1) is 12.9. The van der Waals surface area contributed by atoms with Gasteiger partial charge in [-0.2, -0.15) is 0 Å². The molecular weight excluding hydrogens is 372 g/mol. The SMILES string of the molecule is CONC(=O)Nc1cccc(-n2c([C@H](C)O)nc3cccc(Cl)c3c2=O)c1. The van der Waals surface area contributed by atoms with E-state index in [1.165, 1.54) is 18.6 Å². The standard InChI is InChI=1S/C18H17ClN4O4/c1-10(24)16-21-14-8-4-7-13(19)15(14)17(25)23(16)12-6-3-5-11(9-12)20-18(26)22-27-2/h3-10,24H,1-2H3,(H2,20,22,26)/t10-/m0/s1. The van der Waals surface area contributed by atoms with Crippen LogP contribution in [0.3, 0.4) is 0 Å². The van der Waals surface area contributed by atoms with Crippen molar-refractivity contribution < 1.29 is 14.7 Å². The van der Waals surface area contributed by atoms with Gasteiger partial charge in [0.05, 0.1) is 28.7 Å². The molecule has 2 amide bonds. The molecule has 2 aromatic carbocycles. The number of fused-ring (bicyclic) bond motifs is 1. The van der Waals surface area contributed by atoms with E-state index < -0.39 is 17.7 Å². The number of aliphatic hydroxyl groups is 1. The maximum atomic E-state index is 13.1. The van der Waals surface area contributed by atoms with E-state index >= 15 is 0 Å². The fraction of sp³-hybridized carbons (Fsp3) is 0.167. The van der Waals surface area contributed by atoms with Gasteiger partial charge in [-0.25, -0.2) is 15.3 Å². The molecule has 0 saturated heterocycles. The number of aromatic nitrogens is 2. The van der Waals surface area contributed by atoms with Crippen LogP contribution < -0.4 is 16.4 Å². The van der Waals surface area contributed by atoms with Gasteiger partial charge in [-0.1, -0.05) is 23.7 Å². The first kappa shape index (κ1) is 18.8. The molecule has 3 N–H and O–H groups in total. The van der Waals surface area contributed by atoms with Crippen molar-refractivity contribution in [3.63, 3.8) is 0 Å². The highest BCUT2D eigenvalue weighted by Crippen LogP contribution is 2.23. The number of halogens is 1. The van der Waals surface area contributed by atoms with Gasteiger partial charge in [0.15, 0.2) is 0 Å². The second kappa shape index (κ2) is 7.75. The van der Waals surface area contributed by atoms with Crippen LogP contribution in [0.2, 0.25) is 5.02 Å². The van der Waals surface area contributed by atoms with Gasteiger partial charge < -0.3 is 10.4 Å². The molecule has 140 valence electrons. The molecule has 1 atom stereocenters. The lowest BCUT2D eigenvalue weighted by atomic mass is 10.2. The van der Waals surface area contributed by atoms with Crippen LogP contribution in [-0.2, 0) is 4.84 Å². The van der Waals surface area contributed by atoms with Crippen LogP contribution in [0.1, 0.15) is 18.9 Å². The molecular formula is C18H17ClN4O4. The minimum Gasteiger partial charge on any atom is -0.385 e. The number of amides is 2. The number of hydrogen-bond acceptors (Lipinski definition) is 5. The van der Waals surface area contributed by atoms with Gasteiger partial charge >= 0.3 is 6.03 Å². The van der Waals surface area contributed by atoms with Gasteiger partial charge in [0.2, 0.25) is 0 Å². The van der Waals surface area contributed by atoms with Crippen molar-refractivity contribution in [1.82, 2.24) is 15.0 Å². The Morgan fingerprint density at radius 1 is 1.30 bits per heavy atom. The summed E-state index contributed by atoms with van der Waals surface area (Å²) in [5.74, 6) is 0.160. The molecule has 1 heterocycles. The predicted octanol–water partition coefficient (Wildman–Crippen LogP) is 2.78. The molecule has 0 radical (unpaired) electrons. The number of urea groups is 1. The third-order valence-electron chi connectivity index (χ3n) is 3.80. The zero-order valence-electron chi connectivity index (χ0n) is 14.6. The molecule has 3 aromatic rings. The Labute approximate surface area is 159 Å². The zero-order valence-corrected chi connectivity index (χ0v) is 15.3. The molecule has 1 aromatic heterocycles. The van der Waals surface area contributed by atoms with Gasteiger partial charge in [0.25, 0.3) is 5.56 Å². The number of nitrogens with zero attached hydrogens (tertiary/aromatic N) is 2. The third-order valence-corrected chi connectivity index (χ3v) is 4.12. The number of aliphatic hydroxyl groups excluding tert-OH is 1. The molecule has 8 nitrogen and oxygen atoms in total. The molecule has 0 aliphatic rings. The molecule has 0 unspecified atom stereocenters. The molecule has 27 heavy (non-hydrogen) atoms. The first-order valence-electron chi connectivity index (χ1n) is 8.02. The fourth-order valence-corrected chi connectivity index (χ4v) is 2.96. The van der Waals surface area contributed by atoms with Crippen LogP contribution in [0.5, 0.6) is 0 Å². The van der Waals surface area contributed by atoms with Crippen LogP contribution in [0.15, 0.2) is 47.3 Å². The van der Waals surface area contributed by atoms with Crippen molar-refractivity contribution in [3.05, 3.63) is 63.7 Å². The number of rotatable bonds is 4. The number of anilines is 1. The lowest BCUT2D eigenvalue weighted by Crippen LogP contribution is -2.28. The second-order valence-electron chi connectivity index (χ2n) is 5.73. The molecule has 0 aliphatic heterocycles. The Hall–Kier alpha value is -2.94. The number of hydroxylamine groups is 1. The number of benzene rings is 2. The van der Waals surface area contributed by atoms with Crippen LogP contribution in [0, 0.1) is 0 Å². The first-order valence-corrected chi connectivity index (χ1v) is 8.40. The Morgan fingerprint density at radius 2 is 2.04 bits per heavy atom. The largest absolute Gasteiger partial charge is 0.385 e. The maximum absolute atomic E-state index is 13.1. The van der Waals surface area contributed by atoms with E-state index in [1.54, 1.807) is 42.5 Å². The minimum absolute atomic E-state index is 0.160. The smallest absolute Gasteiger partial charge is 0.343 e. The summed E-state index contributed by atoms with van der Waals surface area (Å²) >= 11 is 6.19. The number of nitrogens with one attached hydrogen (secondary N) is 2. The summed E-state index contributed by atoms with van der Waals surface area (Å²) in [6, 6.07) is 10.9. The minimum atomic E-state index is -1.01. The molecule has 0 fully saturated rings. The number of hydrogen-bond donors (Lipinski definition) is 3. The van der Waals surface area contributed by atoms with E-state index in [1.807, 2.05) is 0 Å². The van der Waals surface area contributed by atoms with Gasteiger partial charge in [-0.15, -0.1) is 0 Å². The lowest BCUT2D eigenvalue weighted by Gasteiger charge is -2.16. The highest BCUT2D eigenvalue weighted by atomic mass is 35.5. The van der Waals surface area contributed by atoms with Crippen molar-refractivity contribution in [1.29, 1.82) is 0 Å². The number of carbonyl (C=O) groups excluding carboxylic acids is 1. The zero-order chi connectivity index (χ0) is 19.6. The van der Waals surface area contributed by atoms with Crippen LogP contribution in [0.25, 0.3) is 16.6 Å². The second-order valence-corrected chi connectivity index (χ2v) is 6.14. The van der Waals surface area contributed by atoms with E-state index in [9.17, 15) is 14.7 Å². The fourth-order valence-electron chi connectivity index (χ4n) is 2.71. The van der Waals surface area contributed by atoms with E-state index in [2.05, 4.69) is 20.6 Å². The molecule has 0 saturated carbocycles. The maximum Gasteiger partial charge on any atom is 0.343 e. The van der Waals surface area contributed by atoms with E-state index in [4.69, 9.17) is 11.6 Å². The Morgan fingerprint density at radius 3 is 2.74 bits per heavy atom. The van der Waals surface area contributed by atoms with Gasteiger partial charge in [-0.3, -0.25) is 14.2 Å². The summed E-state index contributed by atoms with van der Waals surface area (Å²) in [4.78, 5) is 33.7. The summed E-state index contributed by atoms with van der Waals surface area (Å²) in [5, 5.41) is 13.2. The van der Waals surface area contributed by atoms with Gasteiger partial charge in [0.1, 0.15) is 11.9 Å². The van der Waals surface area contributed by atoms with Gasteiger partial charge in [-0.05, 0) is 37.3 Å². The monoisotopic (exact) mass is 388 g/mol. The van der Waals surface area contributed by atoms with Crippen molar-refractivity contribution in [2.24, 2.45) is 0 Å². The average molecular weight is 389 g/mol. The lowest BCUT2D eigenvalue weighted by molar-refractivity contribution is 0.114. The third kappa shape index (κ3) is 3.77. The highest BCUT2D eigenvalue weighted by Gasteiger charge is 2.18. The van der Waals surface area contributed by atoms with E-state index in [0.29, 0.717) is 16.9 Å². The van der Waals surface area contributed by atoms with Crippen molar-refractivity contribution >= 4 is 34.2 Å². The van der Waals surface area contributed by atoms with Gasteiger partial charge in [0, 0.05) is 5.69 Å². The van der Waals surface area contributed by atoms with Crippen LogP contribution in [-0.4, -0.2) is 27.8 Å². The summed E-state index contributed by atoms with van der Waals surface area (Å²) in [5.41, 5.74) is 2.96.